The average molecular weight is 236 g/mol. The minimum atomic E-state index is 0.0640. The van der Waals surface area contributed by atoms with Gasteiger partial charge in [-0.3, -0.25) is 9.48 Å². The molecule has 0 atom stereocenters. The van der Waals surface area contributed by atoms with Crippen LogP contribution in [0.3, 0.4) is 0 Å². The highest BCUT2D eigenvalue weighted by atomic mass is 16.2. The van der Waals surface area contributed by atoms with Crippen molar-refractivity contribution in [1.82, 2.24) is 20.4 Å². The molecule has 1 aliphatic carbocycles. The Bertz CT molecular complexity index is 420. The van der Waals surface area contributed by atoms with E-state index in [-0.39, 0.29) is 5.91 Å². The summed E-state index contributed by atoms with van der Waals surface area (Å²) in [6.45, 7) is 5.11. The third-order valence-electron chi connectivity index (χ3n) is 3.12. The van der Waals surface area contributed by atoms with Crippen molar-refractivity contribution >= 4 is 5.91 Å². The van der Waals surface area contributed by atoms with Crippen LogP contribution in [0, 0.1) is 13.8 Å². The molecule has 1 aromatic rings. The smallest absolute Gasteiger partial charge is 0.241 e. The highest BCUT2D eigenvalue weighted by Gasteiger charge is 2.23. The molecule has 5 heteroatoms. The van der Waals surface area contributed by atoms with Gasteiger partial charge in [0.1, 0.15) is 6.54 Å². The van der Waals surface area contributed by atoms with Crippen LogP contribution in [0.25, 0.3) is 0 Å². The molecule has 0 aliphatic heterocycles. The number of nitrogens with zero attached hydrogens (tertiary/aromatic N) is 2. The lowest BCUT2D eigenvalue weighted by Gasteiger charge is -2.06. The van der Waals surface area contributed by atoms with Crippen molar-refractivity contribution < 1.29 is 4.79 Å². The lowest BCUT2D eigenvalue weighted by molar-refractivity contribution is -0.122. The van der Waals surface area contributed by atoms with Gasteiger partial charge in [-0.25, -0.2) is 0 Å². The van der Waals surface area contributed by atoms with Crippen molar-refractivity contribution in [3.05, 3.63) is 17.0 Å². The SMILES string of the molecule is CNCc1c(C)nn(CC(=O)NC2CC2)c1C. The van der Waals surface area contributed by atoms with Crippen molar-refractivity contribution in [1.29, 1.82) is 0 Å². The quantitative estimate of drug-likeness (QED) is 0.782. The van der Waals surface area contributed by atoms with Crippen LogP contribution in [0.1, 0.15) is 29.8 Å². The molecule has 1 aliphatic rings. The van der Waals surface area contributed by atoms with Gasteiger partial charge < -0.3 is 10.6 Å². The van der Waals surface area contributed by atoms with Crippen molar-refractivity contribution in [3.63, 3.8) is 0 Å². The summed E-state index contributed by atoms with van der Waals surface area (Å²) in [6.07, 6.45) is 2.24. The number of aryl methyl sites for hydroxylation is 1. The van der Waals surface area contributed by atoms with Crippen LogP contribution in [-0.4, -0.2) is 28.8 Å². The summed E-state index contributed by atoms with van der Waals surface area (Å²) in [4.78, 5) is 11.7. The van der Waals surface area contributed by atoms with E-state index in [1.54, 1.807) is 4.68 Å². The van der Waals surface area contributed by atoms with E-state index >= 15 is 0 Å². The van der Waals surface area contributed by atoms with Gasteiger partial charge in [-0.2, -0.15) is 5.10 Å². The van der Waals surface area contributed by atoms with E-state index in [0.29, 0.717) is 12.6 Å². The molecule has 1 aromatic heterocycles. The molecule has 0 saturated heterocycles. The standard InChI is InChI=1S/C12H20N4O/c1-8-11(6-13-3)9(2)16(15-8)7-12(17)14-10-4-5-10/h10,13H,4-7H2,1-3H3,(H,14,17). The normalized spacial score (nSPS) is 15.0. The molecular weight excluding hydrogens is 216 g/mol. The average Bonchev–Trinajstić information content (AvgIpc) is 3.03. The van der Waals surface area contributed by atoms with E-state index in [1.807, 2.05) is 20.9 Å². The Morgan fingerprint density at radius 3 is 2.76 bits per heavy atom. The fourth-order valence-electron chi connectivity index (χ4n) is 1.96. The molecule has 0 spiro atoms. The van der Waals surface area contributed by atoms with Gasteiger partial charge in [-0.15, -0.1) is 0 Å². The molecule has 0 aromatic carbocycles. The molecular formula is C12H20N4O. The molecule has 2 rings (SSSR count). The molecule has 1 saturated carbocycles. The topological polar surface area (TPSA) is 59.0 Å². The number of carbonyl (C=O) groups excluding carboxylic acids is 1. The molecule has 94 valence electrons. The van der Waals surface area contributed by atoms with Gasteiger partial charge in [-0.05, 0) is 33.7 Å². The second kappa shape index (κ2) is 4.87. The first-order valence-electron chi connectivity index (χ1n) is 6.08. The first-order chi connectivity index (χ1) is 8.11. The first-order valence-corrected chi connectivity index (χ1v) is 6.08. The van der Waals surface area contributed by atoms with Crippen LogP contribution in [0.2, 0.25) is 0 Å². The third-order valence-corrected chi connectivity index (χ3v) is 3.12. The van der Waals surface area contributed by atoms with Crippen molar-refractivity contribution in [2.24, 2.45) is 0 Å². The van der Waals surface area contributed by atoms with E-state index < -0.39 is 0 Å². The Morgan fingerprint density at radius 2 is 2.18 bits per heavy atom. The highest BCUT2D eigenvalue weighted by Crippen LogP contribution is 2.18. The van der Waals surface area contributed by atoms with E-state index in [0.717, 1.165) is 30.8 Å². The van der Waals surface area contributed by atoms with Gasteiger partial charge in [0.15, 0.2) is 0 Å². The van der Waals surface area contributed by atoms with Crippen LogP contribution < -0.4 is 10.6 Å². The van der Waals surface area contributed by atoms with Crippen LogP contribution >= 0.6 is 0 Å². The number of hydrogen-bond donors (Lipinski definition) is 2. The molecule has 1 fully saturated rings. The molecule has 5 nitrogen and oxygen atoms in total. The van der Waals surface area contributed by atoms with Gasteiger partial charge >= 0.3 is 0 Å². The Kier molecular flexibility index (Phi) is 3.47. The number of aromatic nitrogens is 2. The zero-order valence-corrected chi connectivity index (χ0v) is 10.7. The number of carbonyl (C=O) groups is 1. The van der Waals surface area contributed by atoms with Crippen LogP contribution in [0.5, 0.6) is 0 Å². The summed E-state index contributed by atoms with van der Waals surface area (Å²) >= 11 is 0. The summed E-state index contributed by atoms with van der Waals surface area (Å²) in [5, 5.41) is 10.5. The summed E-state index contributed by atoms with van der Waals surface area (Å²) < 4.78 is 1.79. The molecule has 0 radical (unpaired) electrons. The number of rotatable bonds is 5. The summed E-state index contributed by atoms with van der Waals surface area (Å²) in [7, 11) is 1.91. The lowest BCUT2D eigenvalue weighted by atomic mass is 10.2. The first kappa shape index (κ1) is 12.1. The van der Waals surface area contributed by atoms with E-state index in [2.05, 4.69) is 15.7 Å². The minimum Gasteiger partial charge on any atom is -0.352 e. The van der Waals surface area contributed by atoms with Crippen molar-refractivity contribution in [3.8, 4) is 0 Å². The zero-order chi connectivity index (χ0) is 12.4. The maximum atomic E-state index is 11.7. The molecule has 17 heavy (non-hydrogen) atoms. The Morgan fingerprint density at radius 1 is 1.47 bits per heavy atom. The van der Waals surface area contributed by atoms with Gasteiger partial charge in [0.2, 0.25) is 5.91 Å². The fraction of sp³-hybridized carbons (Fsp3) is 0.667. The van der Waals surface area contributed by atoms with Gasteiger partial charge in [0.05, 0.1) is 5.69 Å². The predicted octanol–water partition coefficient (Wildman–Crippen LogP) is 0.498. The molecule has 1 amide bonds. The van der Waals surface area contributed by atoms with Gasteiger partial charge in [-0.1, -0.05) is 0 Å². The third kappa shape index (κ3) is 2.85. The summed E-state index contributed by atoms with van der Waals surface area (Å²) in [5.41, 5.74) is 3.26. The molecule has 0 bridgehead atoms. The summed E-state index contributed by atoms with van der Waals surface area (Å²) in [6, 6.07) is 0.413. The summed E-state index contributed by atoms with van der Waals surface area (Å²) in [5.74, 6) is 0.0640. The van der Waals surface area contributed by atoms with Crippen LogP contribution in [-0.2, 0) is 17.9 Å². The Balaban J connectivity index is 2.04. The largest absolute Gasteiger partial charge is 0.352 e. The minimum absolute atomic E-state index is 0.0640. The molecule has 2 N–H and O–H groups in total. The second-order valence-electron chi connectivity index (χ2n) is 4.68. The second-order valence-corrected chi connectivity index (χ2v) is 4.68. The maximum Gasteiger partial charge on any atom is 0.241 e. The van der Waals surface area contributed by atoms with Crippen molar-refractivity contribution in [2.45, 2.75) is 45.8 Å². The Labute approximate surface area is 102 Å². The number of nitrogens with one attached hydrogen (secondary N) is 2. The van der Waals surface area contributed by atoms with E-state index in [1.165, 1.54) is 5.56 Å². The fourth-order valence-corrected chi connectivity index (χ4v) is 1.96. The van der Waals surface area contributed by atoms with E-state index in [4.69, 9.17) is 0 Å². The highest BCUT2D eigenvalue weighted by molar-refractivity contribution is 5.76. The van der Waals surface area contributed by atoms with Gasteiger partial charge in [0, 0.05) is 23.8 Å². The Hall–Kier alpha value is -1.36. The number of amides is 1. The van der Waals surface area contributed by atoms with Crippen molar-refractivity contribution in [2.75, 3.05) is 7.05 Å². The monoisotopic (exact) mass is 236 g/mol. The van der Waals surface area contributed by atoms with Gasteiger partial charge in [0.25, 0.3) is 0 Å². The predicted molar refractivity (Wildman–Crippen MR) is 65.6 cm³/mol. The maximum absolute atomic E-state index is 11.7. The molecule has 0 unspecified atom stereocenters. The number of hydrogen-bond acceptors (Lipinski definition) is 3. The molecule has 1 heterocycles. The zero-order valence-electron chi connectivity index (χ0n) is 10.7. The lowest BCUT2D eigenvalue weighted by Crippen LogP contribution is -2.30. The van der Waals surface area contributed by atoms with Crippen LogP contribution in [0.15, 0.2) is 0 Å². The van der Waals surface area contributed by atoms with E-state index in [9.17, 15) is 4.79 Å². The van der Waals surface area contributed by atoms with Crippen LogP contribution in [0.4, 0.5) is 0 Å².